The fourth-order valence-electron chi connectivity index (χ4n) is 1.82. The Bertz CT molecular complexity index is 456. The van der Waals surface area contributed by atoms with Crippen molar-refractivity contribution < 1.29 is 0 Å². The molecule has 2 aromatic rings. The molecule has 84 valence electrons. The van der Waals surface area contributed by atoms with E-state index in [1.165, 1.54) is 5.56 Å². The Morgan fingerprint density at radius 1 is 1.25 bits per heavy atom. The lowest BCUT2D eigenvalue weighted by molar-refractivity contribution is 0.601. The number of aromatic nitrogens is 2. The second-order valence-corrected chi connectivity index (χ2v) is 3.96. The standard InChI is InChI=1S/C13H17N3/c1-3-16-12(8-9-15-16)13(14)11-6-4-10(2)5-7-11/h4-9,13H,3,14H2,1-2H3. The number of nitrogens with two attached hydrogens (primary N) is 1. The molecule has 0 radical (unpaired) electrons. The first-order valence-corrected chi connectivity index (χ1v) is 5.56. The molecule has 0 saturated carbocycles. The van der Waals surface area contributed by atoms with Crippen molar-refractivity contribution in [1.29, 1.82) is 0 Å². The third kappa shape index (κ3) is 1.99. The highest BCUT2D eigenvalue weighted by Crippen LogP contribution is 2.19. The number of aryl methyl sites for hydroxylation is 2. The molecule has 0 aliphatic rings. The van der Waals surface area contributed by atoms with Crippen LogP contribution in [0.5, 0.6) is 0 Å². The maximum Gasteiger partial charge on any atom is 0.0723 e. The van der Waals surface area contributed by atoms with Crippen molar-refractivity contribution in [2.24, 2.45) is 5.73 Å². The van der Waals surface area contributed by atoms with Crippen LogP contribution in [-0.4, -0.2) is 9.78 Å². The van der Waals surface area contributed by atoms with E-state index in [4.69, 9.17) is 5.73 Å². The molecule has 0 spiro atoms. The molecule has 0 bridgehead atoms. The second kappa shape index (κ2) is 4.49. The molecule has 0 saturated heterocycles. The fourth-order valence-corrected chi connectivity index (χ4v) is 1.82. The van der Waals surface area contributed by atoms with E-state index in [2.05, 4.69) is 43.2 Å². The molecule has 3 nitrogen and oxygen atoms in total. The van der Waals surface area contributed by atoms with Gasteiger partial charge in [0.1, 0.15) is 0 Å². The number of hydrogen-bond donors (Lipinski definition) is 1. The van der Waals surface area contributed by atoms with Gasteiger partial charge in [-0.3, -0.25) is 4.68 Å². The third-order valence-electron chi connectivity index (χ3n) is 2.80. The van der Waals surface area contributed by atoms with Crippen LogP contribution in [0.2, 0.25) is 0 Å². The molecule has 3 heteroatoms. The normalized spacial score (nSPS) is 12.7. The first-order chi connectivity index (χ1) is 7.72. The lowest BCUT2D eigenvalue weighted by Crippen LogP contribution is -2.17. The lowest BCUT2D eigenvalue weighted by Gasteiger charge is -2.13. The van der Waals surface area contributed by atoms with Gasteiger partial charge in [-0.25, -0.2) is 0 Å². The third-order valence-corrected chi connectivity index (χ3v) is 2.80. The lowest BCUT2D eigenvalue weighted by atomic mass is 10.0. The molecule has 1 aromatic heterocycles. The Kier molecular flexibility index (Phi) is 3.06. The van der Waals surface area contributed by atoms with Gasteiger partial charge in [0.15, 0.2) is 0 Å². The van der Waals surface area contributed by atoms with E-state index in [1.54, 1.807) is 6.20 Å². The van der Waals surface area contributed by atoms with Gasteiger partial charge < -0.3 is 5.73 Å². The number of nitrogens with zero attached hydrogens (tertiary/aromatic N) is 2. The van der Waals surface area contributed by atoms with E-state index in [1.807, 2.05) is 10.7 Å². The van der Waals surface area contributed by atoms with E-state index in [0.717, 1.165) is 17.8 Å². The van der Waals surface area contributed by atoms with Gasteiger partial charge in [-0.1, -0.05) is 29.8 Å². The van der Waals surface area contributed by atoms with Crippen LogP contribution in [-0.2, 0) is 6.54 Å². The van der Waals surface area contributed by atoms with Crippen LogP contribution in [0.4, 0.5) is 0 Å². The zero-order chi connectivity index (χ0) is 11.5. The Hall–Kier alpha value is -1.61. The van der Waals surface area contributed by atoms with Crippen LogP contribution in [0.3, 0.4) is 0 Å². The van der Waals surface area contributed by atoms with Crippen molar-refractivity contribution in [3.63, 3.8) is 0 Å². The Labute approximate surface area is 95.9 Å². The molecule has 2 rings (SSSR count). The molecule has 1 atom stereocenters. The molecule has 0 aliphatic carbocycles. The van der Waals surface area contributed by atoms with Gasteiger partial charge in [0, 0.05) is 12.7 Å². The Balaban J connectivity index is 2.31. The summed E-state index contributed by atoms with van der Waals surface area (Å²) in [5.74, 6) is 0. The minimum absolute atomic E-state index is 0.0944. The summed E-state index contributed by atoms with van der Waals surface area (Å²) in [5, 5.41) is 4.24. The number of benzene rings is 1. The summed E-state index contributed by atoms with van der Waals surface area (Å²) >= 11 is 0. The predicted octanol–water partition coefficient (Wildman–Crippen LogP) is 2.26. The average Bonchev–Trinajstić information content (AvgIpc) is 2.77. The van der Waals surface area contributed by atoms with Crippen molar-refractivity contribution in [2.75, 3.05) is 0 Å². The maximum absolute atomic E-state index is 6.23. The van der Waals surface area contributed by atoms with Crippen LogP contribution >= 0.6 is 0 Å². The summed E-state index contributed by atoms with van der Waals surface area (Å²) in [5.41, 5.74) is 9.66. The molecule has 2 N–H and O–H groups in total. The average molecular weight is 215 g/mol. The topological polar surface area (TPSA) is 43.8 Å². The van der Waals surface area contributed by atoms with Crippen molar-refractivity contribution in [2.45, 2.75) is 26.4 Å². The van der Waals surface area contributed by atoms with Gasteiger partial charge in [-0.15, -0.1) is 0 Å². The maximum atomic E-state index is 6.23. The zero-order valence-corrected chi connectivity index (χ0v) is 9.72. The van der Waals surface area contributed by atoms with Gasteiger partial charge in [0.25, 0.3) is 0 Å². The van der Waals surface area contributed by atoms with E-state index >= 15 is 0 Å². The molecular weight excluding hydrogens is 198 g/mol. The van der Waals surface area contributed by atoms with E-state index in [0.29, 0.717) is 0 Å². The van der Waals surface area contributed by atoms with Crippen molar-refractivity contribution in [3.8, 4) is 0 Å². The predicted molar refractivity (Wildman–Crippen MR) is 65.1 cm³/mol. The molecule has 0 amide bonds. The number of hydrogen-bond acceptors (Lipinski definition) is 2. The monoisotopic (exact) mass is 215 g/mol. The minimum atomic E-state index is -0.0944. The van der Waals surface area contributed by atoms with Crippen LogP contribution in [0.25, 0.3) is 0 Å². The van der Waals surface area contributed by atoms with Crippen molar-refractivity contribution in [3.05, 3.63) is 53.3 Å². The van der Waals surface area contributed by atoms with Crippen LogP contribution in [0.1, 0.15) is 29.8 Å². The highest BCUT2D eigenvalue weighted by molar-refractivity contribution is 5.29. The van der Waals surface area contributed by atoms with E-state index < -0.39 is 0 Å². The van der Waals surface area contributed by atoms with Crippen molar-refractivity contribution >= 4 is 0 Å². The van der Waals surface area contributed by atoms with Gasteiger partial charge in [0.05, 0.1) is 11.7 Å². The highest BCUT2D eigenvalue weighted by Gasteiger charge is 2.12. The summed E-state index contributed by atoms with van der Waals surface area (Å²) in [4.78, 5) is 0. The largest absolute Gasteiger partial charge is 0.319 e. The molecule has 1 heterocycles. The van der Waals surface area contributed by atoms with Gasteiger partial charge in [-0.2, -0.15) is 5.10 Å². The quantitative estimate of drug-likeness (QED) is 0.853. The summed E-state index contributed by atoms with van der Waals surface area (Å²) in [6, 6.07) is 10.2. The van der Waals surface area contributed by atoms with Gasteiger partial charge in [0.2, 0.25) is 0 Å². The number of rotatable bonds is 3. The minimum Gasteiger partial charge on any atom is -0.319 e. The fraction of sp³-hybridized carbons (Fsp3) is 0.308. The smallest absolute Gasteiger partial charge is 0.0723 e. The zero-order valence-electron chi connectivity index (χ0n) is 9.72. The molecule has 0 fully saturated rings. The van der Waals surface area contributed by atoms with Crippen LogP contribution in [0, 0.1) is 6.92 Å². The van der Waals surface area contributed by atoms with Gasteiger partial charge >= 0.3 is 0 Å². The first-order valence-electron chi connectivity index (χ1n) is 5.56. The molecular formula is C13H17N3. The highest BCUT2D eigenvalue weighted by atomic mass is 15.3. The summed E-state index contributed by atoms with van der Waals surface area (Å²) < 4.78 is 1.94. The van der Waals surface area contributed by atoms with Crippen molar-refractivity contribution in [1.82, 2.24) is 9.78 Å². The molecule has 1 aromatic carbocycles. The molecule has 16 heavy (non-hydrogen) atoms. The SMILES string of the molecule is CCn1nccc1C(N)c1ccc(C)cc1. The van der Waals surface area contributed by atoms with Crippen LogP contribution in [0.15, 0.2) is 36.5 Å². The van der Waals surface area contributed by atoms with E-state index in [-0.39, 0.29) is 6.04 Å². The summed E-state index contributed by atoms with van der Waals surface area (Å²) in [7, 11) is 0. The second-order valence-electron chi connectivity index (χ2n) is 3.96. The van der Waals surface area contributed by atoms with Crippen LogP contribution < -0.4 is 5.73 Å². The Morgan fingerprint density at radius 2 is 1.94 bits per heavy atom. The summed E-state index contributed by atoms with van der Waals surface area (Å²) in [6.07, 6.45) is 1.80. The molecule has 0 aliphatic heterocycles. The molecule has 1 unspecified atom stereocenters. The summed E-state index contributed by atoms with van der Waals surface area (Å²) in [6.45, 7) is 4.99. The van der Waals surface area contributed by atoms with E-state index in [9.17, 15) is 0 Å². The van der Waals surface area contributed by atoms with Gasteiger partial charge in [-0.05, 0) is 25.5 Å². The Morgan fingerprint density at radius 3 is 2.56 bits per heavy atom. The first kappa shape index (κ1) is 10.9.